The summed E-state index contributed by atoms with van der Waals surface area (Å²) in [4.78, 5) is 0. The van der Waals surface area contributed by atoms with Crippen LogP contribution in [0.2, 0.25) is 0 Å². The molecule has 6 rings (SSSR count). The summed E-state index contributed by atoms with van der Waals surface area (Å²) in [5, 5.41) is 8.33. The Morgan fingerprint density at radius 3 is 1.55 bits per heavy atom. The fourth-order valence-electron chi connectivity index (χ4n) is 7.00. The molecule has 2 aliphatic rings. The van der Waals surface area contributed by atoms with Crippen molar-refractivity contribution in [1.82, 2.24) is 0 Å². The summed E-state index contributed by atoms with van der Waals surface area (Å²) in [6, 6.07) is 37.8. The maximum atomic E-state index is 9.19. The van der Waals surface area contributed by atoms with Gasteiger partial charge in [0.05, 0.1) is 22.9 Å². The van der Waals surface area contributed by atoms with Crippen LogP contribution in [-0.4, -0.2) is 44.6 Å². The maximum Gasteiger partial charge on any atom is 2.00 e. The molecule has 3 N–H and O–H groups in total. The fourth-order valence-corrected chi connectivity index (χ4v) is 11.4. The Morgan fingerprint density at radius 1 is 0.638 bits per heavy atom. The van der Waals surface area contributed by atoms with Gasteiger partial charge in [-0.2, -0.15) is 8.42 Å². The first-order valence-electron chi connectivity index (χ1n) is 16.7. The first-order chi connectivity index (χ1) is 22.3. The largest absolute Gasteiger partial charge is 2.00 e. The molecule has 2 fully saturated rings. The molecule has 0 spiro atoms. The number of benzene rings is 4. The van der Waals surface area contributed by atoms with Crippen molar-refractivity contribution in [2.24, 2.45) is 0 Å². The average Bonchev–Trinajstić information content (AvgIpc) is 3.09. The van der Waals surface area contributed by atoms with E-state index >= 15 is 0 Å². The predicted molar refractivity (Wildman–Crippen MR) is 201 cm³/mol. The minimum Gasteiger partial charge on any atom is -0.395 e. The molecule has 254 valence electrons. The van der Waals surface area contributed by atoms with E-state index in [2.05, 4.69) is 90.5 Å². The van der Waals surface area contributed by atoms with Gasteiger partial charge < -0.3 is 10.6 Å². The van der Waals surface area contributed by atoms with Gasteiger partial charge in [0.1, 0.15) is 0 Å². The molecule has 4 aromatic carbocycles. The second kappa shape index (κ2) is 20.1. The van der Waals surface area contributed by atoms with E-state index in [-0.39, 0.29) is 20.4 Å². The van der Waals surface area contributed by atoms with Gasteiger partial charge in [-0.1, -0.05) is 73.0 Å². The zero-order valence-electron chi connectivity index (χ0n) is 28.0. The molecule has 0 heterocycles. The second-order valence-electron chi connectivity index (χ2n) is 12.3. The Kier molecular flexibility index (Phi) is 16.6. The Balaban J connectivity index is 0.000000251. The monoisotopic (exact) mass is 764 g/mol. The van der Waals surface area contributed by atoms with Gasteiger partial charge in [0.15, 0.2) is 0 Å². The first-order valence-corrected chi connectivity index (χ1v) is 20.2. The molecule has 5 nitrogen and oxygen atoms in total. The van der Waals surface area contributed by atoms with E-state index in [1.807, 2.05) is 37.4 Å². The molecular formula is C39H51N2O3PPdS+2. The van der Waals surface area contributed by atoms with Crippen molar-refractivity contribution in [3.8, 4) is 22.3 Å². The van der Waals surface area contributed by atoms with Crippen LogP contribution in [0.15, 0.2) is 97.1 Å². The van der Waals surface area contributed by atoms with Crippen molar-refractivity contribution < 1.29 is 33.4 Å². The molecule has 0 aromatic heterocycles. The Labute approximate surface area is 298 Å². The van der Waals surface area contributed by atoms with Crippen molar-refractivity contribution in [3.05, 3.63) is 103 Å². The van der Waals surface area contributed by atoms with Crippen LogP contribution in [0.5, 0.6) is 0 Å². The number of hydrogen-bond donors (Lipinski definition) is 3. The van der Waals surface area contributed by atoms with Crippen molar-refractivity contribution in [2.45, 2.75) is 75.5 Å². The molecule has 2 saturated carbocycles. The van der Waals surface area contributed by atoms with Crippen LogP contribution in [0.1, 0.15) is 64.2 Å². The quantitative estimate of drug-likeness (QED) is 0.0757. The number of rotatable bonds is 7. The zero-order chi connectivity index (χ0) is 32.8. The average molecular weight is 765 g/mol. The van der Waals surface area contributed by atoms with Crippen molar-refractivity contribution in [3.63, 3.8) is 0 Å². The Hall–Kier alpha value is -2.52. The van der Waals surface area contributed by atoms with Crippen LogP contribution in [0.25, 0.3) is 22.3 Å². The molecule has 47 heavy (non-hydrogen) atoms. The summed E-state index contributed by atoms with van der Waals surface area (Å²) in [5.41, 5.74) is 9.57. The molecule has 0 amide bonds. The molecule has 4 aromatic rings. The number of nitrogens with one attached hydrogen (secondary N) is 2. The standard InChI is InChI=1S/C25H34NP.C13H12N.CH4O3S.Pd/c1-26-24-18-10-8-16-22(24)23-17-9-11-19-25(23)27(20-12-4-2-5-13-20)21-14-6-3-7-15-21;1-14-13-10-6-5-9-12(13)11-7-3-2-4-8-11;1-5(2,3)4;/h8-11,16-21,26H,2-7,12-15H2,1H3;2-7,9-10,14H,1H3;1H3,(H,2,3,4);/q;-1;;+2/p+1. The normalized spacial score (nSPS) is 15.3. The smallest absolute Gasteiger partial charge is 0.395 e. The third-order valence-corrected chi connectivity index (χ3v) is 13.0. The van der Waals surface area contributed by atoms with Gasteiger partial charge >= 0.3 is 20.4 Å². The van der Waals surface area contributed by atoms with E-state index in [1.54, 1.807) is 5.30 Å². The van der Waals surface area contributed by atoms with Gasteiger partial charge in [-0.15, -0.1) is 35.9 Å². The first kappa shape index (κ1) is 38.9. The Morgan fingerprint density at radius 2 is 1.06 bits per heavy atom. The SMILES string of the molecule is CNc1ccccc1-c1[c-]cccc1.CNc1ccccc1-c1ccccc1[PH+](C1CCCCC1)C1CCCCC1.CS(=O)(=O)O.[Pd+2]. The summed E-state index contributed by atoms with van der Waals surface area (Å²) in [7, 11) is -0.236. The number of anilines is 2. The van der Waals surface area contributed by atoms with Crippen LogP contribution in [0.4, 0.5) is 11.4 Å². The fraction of sp³-hybridized carbons (Fsp3) is 0.385. The minimum absolute atomic E-state index is 0. The topological polar surface area (TPSA) is 78.4 Å². The van der Waals surface area contributed by atoms with Crippen molar-refractivity contribution in [2.75, 3.05) is 31.0 Å². The van der Waals surface area contributed by atoms with Crippen molar-refractivity contribution in [1.29, 1.82) is 0 Å². The van der Waals surface area contributed by atoms with E-state index in [1.165, 1.54) is 86.6 Å². The van der Waals surface area contributed by atoms with Crippen LogP contribution >= 0.6 is 7.92 Å². The molecular weight excluding hydrogens is 714 g/mol. The van der Waals surface area contributed by atoms with E-state index in [4.69, 9.17) is 4.55 Å². The number of para-hydroxylation sites is 2. The summed E-state index contributed by atoms with van der Waals surface area (Å²) in [5.74, 6) is 0. The van der Waals surface area contributed by atoms with Crippen LogP contribution in [0, 0.1) is 6.07 Å². The van der Waals surface area contributed by atoms with Crippen molar-refractivity contribution >= 4 is 34.7 Å². The summed E-state index contributed by atoms with van der Waals surface area (Å²) in [6.07, 6.45) is 15.4. The van der Waals surface area contributed by atoms with Gasteiger partial charge in [-0.3, -0.25) is 4.55 Å². The number of hydrogen-bond acceptors (Lipinski definition) is 4. The molecule has 0 bridgehead atoms. The van der Waals surface area contributed by atoms with E-state index < -0.39 is 18.0 Å². The summed E-state index contributed by atoms with van der Waals surface area (Å²) >= 11 is 0. The maximum absolute atomic E-state index is 9.19. The van der Waals surface area contributed by atoms with Gasteiger partial charge in [-0.25, -0.2) is 0 Å². The van der Waals surface area contributed by atoms with Gasteiger partial charge in [-0.05, 0) is 75.3 Å². The van der Waals surface area contributed by atoms with E-state index in [9.17, 15) is 8.42 Å². The minimum atomic E-state index is -3.67. The molecule has 0 saturated heterocycles. The predicted octanol–water partition coefficient (Wildman–Crippen LogP) is 9.60. The molecule has 0 unspecified atom stereocenters. The molecule has 0 aliphatic heterocycles. The van der Waals surface area contributed by atoms with Gasteiger partial charge in [0, 0.05) is 38.8 Å². The molecule has 0 radical (unpaired) electrons. The summed E-state index contributed by atoms with van der Waals surface area (Å²) < 4.78 is 25.9. The van der Waals surface area contributed by atoms with Crippen LogP contribution < -0.4 is 15.9 Å². The Bertz CT molecular complexity index is 1560. The van der Waals surface area contributed by atoms with Crippen LogP contribution in [0.3, 0.4) is 0 Å². The second-order valence-corrected chi connectivity index (χ2v) is 16.8. The van der Waals surface area contributed by atoms with E-state index in [0.29, 0.717) is 6.26 Å². The zero-order valence-corrected chi connectivity index (χ0v) is 31.3. The van der Waals surface area contributed by atoms with E-state index in [0.717, 1.165) is 22.6 Å². The third kappa shape index (κ3) is 12.1. The molecule has 0 atom stereocenters. The molecule has 8 heteroatoms. The summed E-state index contributed by atoms with van der Waals surface area (Å²) in [6.45, 7) is 0. The van der Waals surface area contributed by atoms with Gasteiger partial charge in [0.25, 0.3) is 10.1 Å². The molecule has 2 aliphatic carbocycles. The third-order valence-electron chi connectivity index (χ3n) is 9.01. The van der Waals surface area contributed by atoms with Crippen LogP contribution in [-0.2, 0) is 30.5 Å². The van der Waals surface area contributed by atoms with Gasteiger partial charge in [0.2, 0.25) is 0 Å².